The van der Waals surface area contributed by atoms with Gasteiger partial charge < -0.3 is 0 Å². The first kappa shape index (κ1) is 10.6. The molecule has 0 radical (unpaired) electrons. The maximum absolute atomic E-state index is 2.53. The predicted molar refractivity (Wildman–Crippen MR) is 65.3 cm³/mol. The predicted octanol–water partition coefficient (Wildman–Crippen LogP) is 4.03. The molecule has 0 heterocycles. The van der Waals surface area contributed by atoms with Gasteiger partial charge in [-0.2, -0.15) is 0 Å². The second-order valence-corrected chi connectivity index (χ2v) is 7.65. The summed E-state index contributed by atoms with van der Waals surface area (Å²) in [7, 11) is 1.41. The zero-order chi connectivity index (χ0) is 10.8. The fraction of sp³-hybridized carbons (Fsp3) is 1.00. The molecule has 3 atom stereocenters. The van der Waals surface area contributed by atoms with Gasteiger partial charge in [0.2, 0.25) is 0 Å². The van der Waals surface area contributed by atoms with Gasteiger partial charge in [0.15, 0.2) is 0 Å². The molecule has 2 fully saturated rings. The first-order valence-corrected chi connectivity index (χ1v) is 6.18. The minimum Gasteiger partial charge on any atom is -0.0671 e. The second-order valence-electron chi connectivity index (χ2n) is 7.65. The van der Waals surface area contributed by atoms with Gasteiger partial charge in [-0.1, -0.05) is 53.3 Å². The minimum absolute atomic E-state index is 0.509. The van der Waals surface area contributed by atoms with Crippen LogP contribution in [0.2, 0.25) is 10.6 Å². The van der Waals surface area contributed by atoms with Gasteiger partial charge in [-0.25, -0.2) is 0 Å². The van der Waals surface area contributed by atoms with E-state index in [1.807, 2.05) is 0 Å². The molecule has 0 aromatic rings. The van der Waals surface area contributed by atoms with E-state index in [9.17, 15) is 0 Å². The molecule has 14 heavy (non-hydrogen) atoms. The standard InChI is InChI=1S/C13H25B/c1-7-11(5)8-13(11)9-12(13,6)14-10(2,3)4/h14H,7-9H2,1-6H3. The molecule has 0 aliphatic heterocycles. The maximum atomic E-state index is 2.53. The molecule has 2 rings (SSSR count). The van der Waals surface area contributed by atoms with Crippen molar-refractivity contribution in [2.45, 2.75) is 71.4 Å². The molecule has 0 bridgehead atoms. The Morgan fingerprint density at radius 1 is 1.14 bits per heavy atom. The largest absolute Gasteiger partial charge is 0.134 e. The van der Waals surface area contributed by atoms with Gasteiger partial charge in [-0.05, 0) is 29.0 Å². The summed E-state index contributed by atoms with van der Waals surface area (Å²) in [4.78, 5) is 0. The smallest absolute Gasteiger partial charge is 0.0671 e. The number of rotatable bonds is 2. The van der Waals surface area contributed by atoms with E-state index in [1.165, 1.54) is 26.5 Å². The van der Waals surface area contributed by atoms with Crippen molar-refractivity contribution >= 4 is 7.28 Å². The summed E-state index contributed by atoms with van der Waals surface area (Å²) < 4.78 is 0. The second kappa shape index (κ2) is 2.41. The van der Waals surface area contributed by atoms with Crippen LogP contribution in [0.25, 0.3) is 0 Å². The summed E-state index contributed by atoms with van der Waals surface area (Å²) in [5, 5.41) is 1.19. The lowest BCUT2D eigenvalue weighted by Crippen LogP contribution is -2.17. The van der Waals surface area contributed by atoms with Gasteiger partial charge in [0, 0.05) is 0 Å². The van der Waals surface area contributed by atoms with Crippen LogP contribution < -0.4 is 0 Å². The Kier molecular flexibility index (Phi) is 1.82. The molecule has 0 nitrogen and oxygen atoms in total. The van der Waals surface area contributed by atoms with E-state index >= 15 is 0 Å². The Labute approximate surface area is 90.1 Å². The van der Waals surface area contributed by atoms with Crippen molar-refractivity contribution in [3.8, 4) is 0 Å². The van der Waals surface area contributed by atoms with Gasteiger partial charge >= 0.3 is 0 Å². The third kappa shape index (κ3) is 1.20. The summed E-state index contributed by atoms with van der Waals surface area (Å²) in [6.45, 7) is 14.5. The Morgan fingerprint density at radius 2 is 1.71 bits per heavy atom. The van der Waals surface area contributed by atoms with Gasteiger partial charge in [-0.3, -0.25) is 0 Å². The Hall–Kier alpha value is 0.0649. The molecule has 2 saturated carbocycles. The van der Waals surface area contributed by atoms with Crippen molar-refractivity contribution in [3.63, 3.8) is 0 Å². The average molecular weight is 192 g/mol. The summed E-state index contributed by atoms with van der Waals surface area (Å²) >= 11 is 0. The molecule has 0 aromatic carbocycles. The fourth-order valence-electron chi connectivity index (χ4n) is 4.33. The minimum atomic E-state index is 0.509. The highest BCUT2D eigenvalue weighted by Gasteiger charge is 2.81. The summed E-state index contributed by atoms with van der Waals surface area (Å²) in [6, 6.07) is 0. The molecule has 0 saturated heterocycles. The van der Waals surface area contributed by atoms with E-state index in [-0.39, 0.29) is 0 Å². The Bertz CT molecular complexity index is 265. The lowest BCUT2D eigenvalue weighted by Gasteiger charge is -2.23. The number of hydrogen-bond donors (Lipinski definition) is 0. The molecular formula is C13H25B. The van der Waals surface area contributed by atoms with E-state index < -0.39 is 0 Å². The van der Waals surface area contributed by atoms with E-state index in [0.717, 1.165) is 5.41 Å². The van der Waals surface area contributed by atoms with E-state index in [0.29, 0.717) is 16.0 Å². The van der Waals surface area contributed by atoms with Crippen molar-refractivity contribution in [3.05, 3.63) is 0 Å². The Morgan fingerprint density at radius 3 is 2.07 bits per heavy atom. The quantitative estimate of drug-likeness (QED) is 0.579. The van der Waals surface area contributed by atoms with Crippen LogP contribution in [0.4, 0.5) is 0 Å². The van der Waals surface area contributed by atoms with E-state index in [2.05, 4.69) is 41.5 Å². The SMILES string of the molecule is CCC1(C)CC12CC2(C)BC(C)(C)C. The van der Waals surface area contributed by atoms with E-state index in [1.54, 1.807) is 0 Å². The highest BCUT2D eigenvalue weighted by Crippen LogP contribution is 2.92. The topological polar surface area (TPSA) is 0 Å². The molecule has 0 N–H and O–H groups in total. The van der Waals surface area contributed by atoms with Crippen LogP contribution in [-0.4, -0.2) is 7.28 Å². The molecule has 0 amide bonds. The third-order valence-corrected chi connectivity index (χ3v) is 5.15. The van der Waals surface area contributed by atoms with Crippen molar-refractivity contribution in [1.82, 2.24) is 0 Å². The van der Waals surface area contributed by atoms with Crippen molar-refractivity contribution in [1.29, 1.82) is 0 Å². The molecule has 2 aliphatic carbocycles. The molecule has 1 heteroatoms. The normalized spacial score (nSPS) is 50.7. The lowest BCUT2D eigenvalue weighted by molar-refractivity contribution is 0.459. The van der Waals surface area contributed by atoms with Gasteiger partial charge in [0.05, 0.1) is 0 Å². The summed E-state index contributed by atoms with van der Waals surface area (Å²) in [5.41, 5.74) is 1.47. The van der Waals surface area contributed by atoms with Crippen LogP contribution in [0.1, 0.15) is 60.8 Å². The van der Waals surface area contributed by atoms with Crippen LogP contribution in [0, 0.1) is 10.8 Å². The highest BCUT2D eigenvalue weighted by molar-refractivity contribution is 6.46. The van der Waals surface area contributed by atoms with Crippen LogP contribution in [0.3, 0.4) is 0 Å². The highest BCUT2D eigenvalue weighted by atomic mass is 14.8. The van der Waals surface area contributed by atoms with Crippen molar-refractivity contribution in [2.24, 2.45) is 10.8 Å². The van der Waals surface area contributed by atoms with Gasteiger partial charge in [0.1, 0.15) is 7.28 Å². The lowest BCUT2D eigenvalue weighted by atomic mass is 9.45. The maximum Gasteiger partial charge on any atom is 0.134 e. The fourth-order valence-corrected chi connectivity index (χ4v) is 4.33. The molecule has 80 valence electrons. The molecule has 3 unspecified atom stereocenters. The average Bonchev–Trinajstić information content (AvgIpc) is 2.71. The van der Waals surface area contributed by atoms with Gasteiger partial charge in [0.25, 0.3) is 0 Å². The van der Waals surface area contributed by atoms with Crippen LogP contribution >= 0.6 is 0 Å². The van der Waals surface area contributed by atoms with Crippen LogP contribution in [-0.2, 0) is 0 Å². The molecule has 2 aliphatic rings. The molecule has 0 aromatic heterocycles. The molecule has 1 spiro atoms. The number of hydrogen-bond acceptors (Lipinski definition) is 0. The van der Waals surface area contributed by atoms with Crippen molar-refractivity contribution < 1.29 is 0 Å². The first-order chi connectivity index (χ1) is 6.18. The third-order valence-electron chi connectivity index (χ3n) is 5.15. The zero-order valence-corrected chi connectivity index (χ0v) is 10.8. The molecular weight excluding hydrogens is 167 g/mol. The summed E-state index contributed by atoms with van der Waals surface area (Å²) in [5.74, 6) is 0. The summed E-state index contributed by atoms with van der Waals surface area (Å²) in [6.07, 6.45) is 4.39. The van der Waals surface area contributed by atoms with E-state index in [4.69, 9.17) is 0 Å². The van der Waals surface area contributed by atoms with Gasteiger partial charge in [-0.15, -0.1) is 0 Å². The Balaban J connectivity index is 2.05. The van der Waals surface area contributed by atoms with Crippen LogP contribution in [0.5, 0.6) is 0 Å². The zero-order valence-electron chi connectivity index (χ0n) is 10.8. The first-order valence-electron chi connectivity index (χ1n) is 6.18. The monoisotopic (exact) mass is 192 g/mol. The van der Waals surface area contributed by atoms with Crippen molar-refractivity contribution in [2.75, 3.05) is 0 Å². The van der Waals surface area contributed by atoms with Crippen LogP contribution in [0.15, 0.2) is 0 Å².